The predicted molar refractivity (Wildman–Crippen MR) is 86.2 cm³/mol. The molecule has 1 aromatic carbocycles. The molecule has 22 heavy (non-hydrogen) atoms. The number of hydrogen-bond donors (Lipinski definition) is 0. The molecule has 1 aliphatic rings. The molecule has 1 aromatic heterocycles. The highest BCUT2D eigenvalue weighted by Gasteiger charge is 2.26. The zero-order valence-corrected chi connectivity index (χ0v) is 13.2. The van der Waals surface area contributed by atoms with Crippen molar-refractivity contribution in [2.45, 2.75) is 25.4 Å². The highest BCUT2D eigenvalue weighted by atomic mass is 16.5. The number of methoxy groups -OCH3 is 2. The summed E-state index contributed by atoms with van der Waals surface area (Å²) in [7, 11) is 3.36. The van der Waals surface area contributed by atoms with Crippen LogP contribution in [0.5, 0.6) is 11.5 Å². The Bertz CT molecular complexity index is 616. The molecular weight excluding hydrogens is 276 g/mol. The lowest BCUT2D eigenvalue weighted by Gasteiger charge is -2.25. The summed E-state index contributed by atoms with van der Waals surface area (Å²) in [6.45, 7) is 2.09. The zero-order valence-electron chi connectivity index (χ0n) is 13.2. The van der Waals surface area contributed by atoms with Crippen molar-refractivity contribution in [1.82, 2.24) is 9.88 Å². The number of hydrogen-bond acceptors (Lipinski definition) is 4. The minimum absolute atomic E-state index is 0.438. The van der Waals surface area contributed by atoms with Crippen LogP contribution in [0.1, 0.15) is 30.0 Å². The van der Waals surface area contributed by atoms with Gasteiger partial charge in [-0.3, -0.25) is 9.88 Å². The van der Waals surface area contributed by atoms with Crippen molar-refractivity contribution in [3.8, 4) is 11.5 Å². The van der Waals surface area contributed by atoms with Crippen LogP contribution in [0.2, 0.25) is 0 Å². The Morgan fingerprint density at radius 1 is 1.09 bits per heavy atom. The van der Waals surface area contributed by atoms with Crippen LogP contribution < -0.4 is 9.47 Å². The van der Waals surface area contributed by atoms with Gasteiger partial charge < -0.3 is 9.47 Å². The van der Waals surface area contributed by atoms with E-state index in [0.717, 1.165) is 24.6 Å². The first-order valence-electron chi connectivity index (χ1n) is 7.66. The van der Waals surface area contributed by atoms with Gasteiger partial charge in [-0.2, -0.15) is 0 Å². The summed E-state index contributed by atoms with van der Waals surface area (Å²) in [5, 5.41) is 0. The van der Waals surface area contributed by atoms with Crippen LogP contribution in [0, 0.1) is 0 Å². The van der Waals surface area contributed by atoms with E-state index in [1.54, 1.807) is 14.2 Å². The van der Waals surface area contributed by atoms with Crippen LogP contribution >= 0.6 is 0 Å². The Labute approximate surface area is 131 Å². The van der Waals surface area contributed by atoms with Crippen molar-refractivity contribution in [2.24, 2.45) is 0 Å². The number of ether oxygens (including phenoxy) is 2. The maximum absolute atomic E-state index is 5.44. The predicted octanol–water partition coefficient (Wildman–Crippen LogP) is 3.44. The fraction of sp³-hybridized carbons (Fsp3) is 0.389. The van der Waals surface area contributed by atoms with E-state index in [2.05, 4.69) is 34.1 Å². The first-order chi connectivity index (χ1) is 10.8. The molecule has 0 N–H and O–H groups in total. The maximum atomic E-state index is 5.44. The van der Waals surface area contributed by atoms with Gasteiger partial charge >= 0.3 is 0 Å². The van der Waals surface area contributed by atoms with Gasteiger partial charge in [-0.15, -0.1) is 0 Å². The number of benzene rings is 1. The third kappa shape index (κ3) is 3.07. The Morgan fingerprint density at radius 2 is 1.86 bits per heavy atom. The lowest BCUT2D eigenvalue weighted by Crippen LogP contribution is -2.22. The fourth-order valence-electron chi connectivity index (χ4n) is 3.18. The van der Waals surface area contributed by atoms with Crippen LogP contribution in [-0.4, -0.2) is 30.6 Å². The molecule has 0 saturated carbocycles. The summed E-state index contributed by atoms with van der Waals surface area (Å²) in [5.41, 5.74) is 2.60. The van der Waals surface area contributed by atoms with E-state index in [0.29, 0.717) is 6.04 Å². The average molecular weight is 298 g/mol. The topological polar surface area (TPSA) is 34.6 Å². The molecule has 1 saturated heterocycles. The third-order valence-corrected chi connectivity index (χ3v) is 4.29. The second-order valence-electron chi connectivity index (χ2n) is 5.60. The molecule has 3 rings (SSSR count). The van der Waals surface area contributed by atoms with Crippen LogP contribution in [0.15, 0.2) is 42.7 Å². The molecular formula is C18H22N2O2. The molecule has 0 bridgehead atoms. The van der Waals surface area contributed by atoms with Gasteiger partial charge in [-0.05, 0) is 54.8 Å². The van der Waals surface area contributed by atoms with Crippen molar-refractivity contribution >= 4 is 0 Å². The Hall–Kier alpha value is -2.07. The number of nitrogens with zero attached hydrogens (tertiary/aromatic N) is 2. The number of rotatable bonds is 5. The van der Waals surface area contributed by atoms with Gasteiger partial charge in [-0.25, -0.2) is 0 Å². The molecule has 0 aliphatic carbocycles. The molecule has 0 unspecified atom stereocenters. The zero-order chi connectivity index (χ0) is 15.4. The van der Waals surface area contributed by atoms with Gasteiger partial charge in [0.25, 0.3) is 0 Å². The van der Waals surface area contributed by atoms with Gasteiger partial charge in [0.05, 0.1) is 14.2 Å². The Kier molecular flexibility index (Phi) is 4.59. The molecule has 1 atom stereocenters. The molecule has 0 amide bonds. The summed E-state index contributed by atoms with van der Waals surface area (Å²) >= 11 is 0. The minimum atomic E-state index is 0.438. The highest BCUT2D eigenvalue weighted by molar-refractivity contribution is 5.44. The molecule has 1 fully saturated rings. The summed E-state index contributed by atoms with van der Waals surface area (Å²) < 4.78 is 10.8. The smallest absolute Gasteiger partial charge is 0.161 e. The lowest BCUT2D eigenvalue weighted by atomic mass is 10.0. The highest BCUT2D eigenvalue weighted by Crippen LogP contribution is 2.37. The van der Waals surface area contributed by atoms with Gasteiger partial charge in [0, 0.05) is 25.0 Å². The molecule has 4 nitrogen and oxygen atoms in total. The molecule has 0 spiro atoms. The van der Waals surface area contributed by atoms with Gasteiger partial charge in [0.1, 0.15) is 0 Å². The molecule has 4 heteroatoms. The SMILES string of the molecule is COc1ccc([C@@H]2CCCN2Cc2ccncc2)cc1OC. The van der Waals surface area contributed by atoms with E-state index in [4.69, 9.17) is 9.47 Å². The third-order valence-electron chi connectivity index (χ3n) is 4.29. The average Bonchev–Trinajstić information content (AvgIpc) is 3.03. The van der Waals surface area contributed by atoms with Crippen LogP contribution in [0.3, 0.4) is 0 Å². The fourth-order valence-corrected chi connectivity index (χ4v) is 3.18. The molecule has 1 aliphatic heterocycles. The molecule has 2 aromatic rings. The Morgan fingerprint density at radius 3 is 2.59 bits per heavy atom. The first-order valence-corrected chi connectivity index (χ1v) is 7.66. The normalized spacial score (nSPS) is 18.4. The van der Waals surface area contributed by atoms with E-state index in [1.807, 2.05) is 18.5 Å². The second kappa shape index (κ2) is 6.79. The second-order valence-corrected chi connectivity index (χ2v) is 5.60. The van der Waals surface area contributed by atoms with E-state index in [1.165, 1.54) is 24.0 Å². The van der Waals surface area contributed by atoms with E-state index < -0.39 is 0 Å². The van der Waals surface area contributed by atoms with Gasteiger partial charge in [-0.1, -0.05) is 6.07 Å². The largest absolute Gasteiger partial charge is 0.493 e. The monoisotopic (exact) mass is 298 g/mol. The van der Waals surface area contributed by atoms with Crippen LogP contribution in [0.25, 0.3) is 0 Å². The standard InChI is InChI=1S/C18H22N2O2/c1-21-17-6-5-15(12-18(17)22-2)16-4-3-11-20(16)13-14-7-9-19-10-8-14/h5-10,12,16H,3-4,11,13H2,1-2H3/t16-/m0/s1. The molecule has 116 valence electrons. The van der Waals surface area contributed by atoms with Crippen molar-refractivity contribution < 1.29 is 9.47 Å². The Balaban J connectivity index is 1.81. The van der Waals surface area contributed by atoms with Gasteiger partial charge in [0.15, 0.2) is 11.5 Å². The maximum Gasteiger partial charge on any atom is 0.161 e. The van der Waals surface area contributed by atoms with Crippen molar-refractivity contribution in [3.05, 3.63) is 53.9 Å². The quantitative estimate of drug-likeness (QED) is 0.847. The molecule has 2 heterocycles. The number of aromatic nitrogens is 1. The van der Waals surface area contributed by atoms with Crippen molar-refractivity contribution in [3.63, 3.8) is 0 Å². The first kappa shape index (κ1) is 14.9. The number of likely N-dealkylation sites (tertiary alicyclic amines) is 1. The lowest BCUT2D eigenvalue weighted by molar-refractivity contribution is 0.247. The summed E-state index contributed by atoms with van der Waals surface area (Å²) in [4.78, 5) is 6.61. The molecule has 0 radical (unpaired) electrons. The van der Waals surface area contributed by atoms with Crippen molar-refractivity contribution in [2.75, 3.05) is 20.8 Å². The number of pyridine rings is 1. The summed E-state index contributed by atoms with van der Waals surface area (Å²) in [6, 6.07) is 10.9. The van der Waals surface area contributed by atoms with Crippen LogP contribution in [-0.2, 0) is 6.54 Å². The van der Waals surface area contributed by atoms with Gasteiger partial charge in [0.2, 0.25) is 0 Å². The van der Waals surface area contributed by atoms with E-state index in [-0.39, 0.29) is 0 Å². The van der Waals surface area contributed by atoms with Crippen molar-refractivity contribution in [1.29, 1.82) is 0 Å². The van der Waals surface area contributed by atoms with E-state index >= 15 is 0 Å². The minimum Gasteiger partial charge on any atom is -0.493 e. The summed E-state index contributed by atoms with van der Waals surface area (Å²) in [6.07, 6.45) is 6.12. The van der Waals surface area contributed by atoms with Crippen LogP contribution in [0.4, 0.5) is 0 Å². The van der Waals surface area contributed by atoms with E-state index in [9.17, 15) is 0 Å². The summed E-state index contributed by atoms with van der Waals surface area (Å²) in [5.74, 6) is 1.58.